The molecule has 194 valence electrons. The molecule has 3 heterocycles. The molecule has 0 bridgehead atoms. The maximum Gasteiger partial charge on any atom is 0.427 e. The summed E-state index contributed by atoms with van der Waals surface area (Å²) in [6.07, 6.45) is -5.55. The number of benzene rings is 2. The molecule has 37 heavy (non-hydrogen) atoms. The fraction of sp³-hybridized carbons (Fsp3) is 0.320. The van der Waals surface area contributed by atoms with Crippen LogP contribution in [0.3, 0.4) is 0 Å². The Bertz CT molecular complexity index is 1430. The number of aliphatic hydroxyl groups is 3. The molecule has 8 nitrogen and oxygen atoms in total. The van der Waals surface area contributed by atoms with Gasteiger partial charge < -0.3 is 20.6 Å². The zero-order valence-electron chi connectivity index (χ0n) is 19.2. The van der Waals surface area contributed by atoms with Crippen molar-refractivity contribution in [2.45, 2.75) is 36.8 Å². The lowest BCUT2D eigenvalue weighted by molar-refractivity contribution is -0.235. The first-order valence-corrected chi connectivity index (χ1v) is 11.5. The maximum atomic E-state index is 14.7. The van der Waals surface area contributed by atoms with Crippen molar-refractivity contribution in [3.8, 4) is 5.69 Å². The number of fused-ring (bicyclic) bond motifs is 1. The lowest BCUT2D eigenvalue weighted by Gasteiger charge is -2.36. The average molecular weight is 518 g/mol. The normalized spacial score (nSPS) is 20.5. The molecule has 0 amide bonds. The molecular weight excluding hydrogens is 496 g/mol. The third kappa shape index (κ3) is 4.10. The number of Topliss-reactive ketones (excluding diaryl/α,β-unsaturated/α-hetero) is 1. The lowest BCUT2D eigenvalue weighted by atomic mass is 9.81. The zero-order chi connectivity index (χ0) is 26.5. The summed E-state index contributed by atoms with van der Waals surface area (Å²) in [7, 11) is 0. The minimum absolute atomic E-state index is 0.0630. The van der Waals surface area contributed by atoms with E-state index in [-0.39, 0.29) is 29.6 Å². The lowest BCUT2D eigenvalue weighted by Crippen LogP contribution is -2.53. The van der Waals surface area contributed by atoms with Gasteiger partial charge in [-0.3, -0.25) is 9.79 Å². The molecule has 0 saturated heterocycles. The molecule has 0 aliphatic carbocycles. The quantitative estimate of drug-likeness (QED) is 0.372. The van der Waals surface area contributed by atoms with Gasteiger partial charge in [0.1, 0.15) is 17.6 Å². The van der Waals surface area contributed by atoms with Crippen molar-refractivity contribution in [2.24, 2.45) is 4.99 Å². The van der Waals surface area contributed by atoms with Gasteiger partial charge in [0, 0.05) is 23.9 Å². The smallest absolute Gasteiger partial charge is 0.394 e. The van der Waals surface area contributed by atoms with Crippen molar-refractivity contribution in [3.05, 3.63) is 71.3 Å². The van der Waals surface area contributed by atoms with Crippen molar-refractivity contribution in [2.75, 3.05) is 13.2 Å². The zero-order valence-corrected chi connectivity index (χ0v) is 19.2. The van der Waals surface area contributed by atoms with Gasteiger partial charge in [-0.15, -0.1) is 0 Å². The number of rotatable bonds is 6. The monoisotopic (exact) mass is 518 g/mol. The number of aliphatic imine (C=N–C) groups is 1. The number of carbonyl (C=O) groups excluding carboxylic acids is 1. The summed E-state index contributed by atoms with van der Waals surface area (Å²) < 4.78 is 58.8. The van der Waals surface area contributed by atoms with Crippen molar-refractivity contribution >= 4 is 22.4 Å². The molecule has 3 unspecified atom stereocenters. The second-order valence-corrected chi connectivity index (χ2v) is 8.97. The molecule has 2 aliphatic rings. The Labute approximate surface area is 207 Å². The van der Waals surface area contributed by atoms with Gasteiger partial charge in [-0.25, -0.2) is 9.07 Å². The van der Waals surface area contributed by atoms with Crippen molar-refractivity contribution < 1.29 is 37.7 Å². The van der Waals surface area contributed by atoms with Gasteiger partial charge in [-0.1, -0.05) is 6.07 Å². The van der Waals surface area contributed by atoms with Crippen LogP contribution in [0.25, 0.3) is 16.6 Å². The van der Waals surface area contributed by atoms with Crippen molar-refractivity contribution in [1.82, 2.24) is 15.1 Å². The van der Waals surface area contributed by atoms with Crippen LogP contribution >= 0.6 is 0 Å². The highest BCUT2D eigenvalue weighted by molar-refractivity contribution is 6.18. The van der Waals surface area contributed by atoms with E-state index in [0.717, 1.165) is 12.1 Å². The van der Waals surface area contributed by atoms with E-state index in [4.69, 9.17) is 0 Å². The summed E-state index contributed by atoms with van der Waals surface area (Å²) in [4.78, 5) is 16.9. The Hall–Kier alpha value is -3.61. The highest BCUT2D eigenvalue weighted by Gasteiger charge is 2.61. The molecule has 2 aliphatic heterocycles. The van der Waals surface area contributed by atoms with E-state index in [1.54, 1.807) is 0 Å². The molecule has 3 aromatic rings. The molecule has 0 saturated carbocycles. The fourth-order valence-corrected chi connectivity index (χ4v) is 4.74. The molecule has 0 radical (unpaired) electrons. The topological polar surface area (TPSA) is 120 Å². The molecule has 5 rings (SSSR count). The van der Waals surface area contributed by atoms with E-state index < -0.39 is 59.8 Å². The van der Waals surface area contributed by atoms with Crippen LogP contribution in [0.15, 0.2) is 64.9 Å². The van der Waals surface area contributed by atoms with Crippen molar-refractivity contribution in [1.29, 1.82) is 0 Å². The molecule has 3 atom stereocenters. The number of nitrogens with one attached hydrogen (secondary N) is 1. The Morgan fingerprint density at radius 1 is 1.16 bits per heavy atom. The number of halogens is 4. The summed E-state index contributed by atoms with van der Waals surface area (Å²) in [5.41, 5.74) is -4.12. The van der Waals surface area contributed by atoms with Crippen LogP contribution in [0.5, 0.6) is 0 Å². The average Bonchev–Trinajstić information content (AvgIpc) is 3.52. The highest BCUT2D eigenvalue weighted by Crippen LogP contribution is 2.45. The number of dihydropyridines is 1. The number of aromatic nitrogens is 2. The summed E-state index contributed by atoms with van der Waals surface area (Å²) in [5.74, 6) is -1.01. The predicted octanol–water partition coefficient (Wildman–Crippen LogP) is 2.30. The summed E-state index contributed by atoms with van der Waals surface area (Å²) in [6.45, 7) is -0.515. The van der Waals surface area contributed by atoms with Gasteiger partial charge in [0.05, 0.1) is 35.8 Å². The van der Waals surface area contributed by atoms with E-state index in [9.17, 15) is 37.7 Å². The Morgan fingerprint density at radius 2 is 1.89 bits per heavy atom. The standard InChI is InChI=1S/C25H22F4N4O4/c26-15-2-4-16(5-3-15)33-20-6-1-14(9-13(20)11-31-33)24(37,25(27,28)29)23-21-18(7-8-30-21)22(36)19(32-23)10-17(35)12-34/h1-6,9,11,17,19,30,34-35,37H,7-8,10,12H2. The van der Waals surface area contributed by atoms with Crippen LogP contribution in [0, 0.1) is 5.82 Å². The number of ketones is 1. The summed E-state index contributed by atoms with van der Waals surface area (Å²) in [6, 6.07) is 7.60. The van der Waals surface area contributed by atoms with Crippen LogP contribution in [0.1, 0.15) is 18.4 Å². The molecule has 1 aromatic heterocycles. The third-order valence-corrected chi connectivity index (χ3v) is 6.62. The highest BCUT2D eigenvalue weighted by atomic mass is 19.4. The van der Waals surface area contributed by atoms with Crippen LogP contribution in [0.4, 0.5) is 17.6 Å². The first kappa shape index (κ1) is 25.1. The third-order valence-electron chi connectivity index (χ3n) is 6.62. The van der Waals surface area contributed by atoms with Gasteiger partial charge >= 0.3 is 6.18 Å². The molecular formula is C25H22F4N4O4. The van der Waals surface area contributed by atoms with Crippen LogP contribution < -0.4 is 5.32 Å². The number of alkyl halides is 3. The maximum absolute atomic E-state index is 14.7. The Morgan fingerprint density at radius 3 is 2.57 bits per heavy atom. The second-order valence-electron chi connectivity index (χ2n) is 8.97. The molecule has 12 heteroatoms. The van der Waals surface area contributed by atoms with Gasteiger partial charge in [0.25, 0.3) is 0 Å². The van der Waals surface area contributed by atoms with Gasteiger partial charge in [0.15, 0.2) is 5.78 Å². The second kappa shape index (κ2) is 9.05. The van der Waals surface area contributed by atoms with Crippen LogP contribution in [0.2, 0.25) is 0 Å². The number of hydrogen-bond donors (Lipinski definition) is 4. The number of hydrogen-bond acceptors (Lipinski definition) is 7. The largest absolute Gasteiger partial charge is 0.427 e. The van der Waals surface area contributed by atoms with E-state index >= 15 is 0 Å². The minimum atomic E-state index is -5.24. The number of carbonyl (C=O) groups is 1. The minimum Gasteiger partial charge on any atom is -0.394 e. The molecule has 0 spiro atoms. The van der Waals surface area contributed by atoms with E-state index in [0.29, 0.717) is 11.2 Å². The van der Waals surface area contributed by atoms with E-state index in [1.807, 2.05) is 0 Å². The van der Waals surface area contributed by atoms with Gasteiger partial charge in [-0.2, -0.15) is 18.3 Å². The number of nitrogens with zero attached hydrogens (tertiary/aromatic N) is 3. The number of aliphatic hydroxyl groups excluding tert-OH is 2. The van der Waals surface area contributed by atoms with Gasteiger partial charge in [0.2, 0.25) is 5.60 Å². The molecule has 2 aromatic carbocycles. The van der Waals surface area contributed by atoms with E-state index in [1.165, 1.54) is 41.2 Å². The first-order valence-electron chi connectivity index (χ1n) is 11.5. The Balaban J connectivity index is 1.64. The molecule has 4 N–H and O–H groups in total. The van der Waals surface area contributed by atoms with E-state index in [2.05, 4.69) is 15.4 Å². The van der Waals surface area contributed by atoms with Crippen LogP contribution in [-0.4, -0.2) is 68.1 Å². The van der Waals surface area contributed by atoms with Crippen molar-refractivity contribution in [3.63, 3.8) is 0 Å². The Kier molecular flexibility index (Phi) is 6.13. The van der Waals surface area contributed by atoms with Gasteiger partial charge in [-0.05, 0) is 48.4 Å². The summed E-state index contributed by atoms with van der Waals surface area (Å²) in [5, 5.41) is 37.6. The first-order chi connectivity index (χ1) is 17.5. The predicted molar refractivity (Wildman–Crippen MR) is 125 cm³/mol. The molecule has 0 fully saturated rings. The SMILES string of the molecule is O=C1C2=C(NCC2)C(C(O)(c2ccc3c(cnn3-c3ccc(F)cc3)c2)C(F)(F)F)=NC1CC(O)CO. The van der Waals surface area contributed by atoms with Crippen LogP contribution in [-0.2, 0) is 10.4 Å². The fourth-order valence-electron chi connectivity index (χ4n) is 4.74. The summed E-state index contributed by atoms with van der Waals surface area (Å²) >= 11 is 0.